The number of pyridine rings is 1. The standard InChI is InChI=1S/C50H59N13O6/c1-51-49(64)39-10-6-32(28-56-39)59-38-11-9-36(69-44-24-33(62-16-19-66-20-17-62)22-40-48(44)55-15-12-52-40)26-37(38)45-29-63(18-21-67-45)34-23-41-47(54-14-13-53-41)43(25-34)68-35-7-4-31(5-8-35)60-46-27-42(57-30-58-46)50(65)61(2)3/h6,10,12-15,22-25,27-28,30-31,35-38,45,59H,4-5,7-9,11,16-21,26,29H2,1-3H3,(H,51,64)(H,57,58,60)/t31?,35?,36-,37?,38+,45?/m0/s1. The van der Waals surface area contributed by atoms with Crippen molar-refractivity contribution in [2.45, 2.75) is 75.3 Å². The molecule has 2 amide bonds. The van der Waals surface area contributed by atoms with Gasteiger partial charge in [-0.05, 0) is 69.2 Å². The van der Waals surface area contributed by atoms with Gasteiger partial charge in [-0.15, -0.1) is 0 Å². The van der Waals surface area contributed by atoms with E-state index in [9.17, 15) is 9.59 Å². The van der Waals surface area contributed by atoms with E-state index in [-0.39, 0.29) is 48.1 Å². The summed E-state index contributed by atoms with van der Waals surface area (Å²) in [6.45, 7) is 4.80. The SMILES string of the molecule is CNC(=O)c1ccc(N[C@@H]2CC[C@H](Oc3cc(N4CCOCC4)cc4nccnc34)CC2C2CN(c3cc(OC4CCC(Nc5cc(C(=O)N(C)C)ncn5)CC4)c4nccnc4c3)CCO2)cn1. The zero-order valence-corrected chi connectivity index (χ0v) is 39.3. The molecule has 0 spiro atoms. The molecule has 10 rings (SSSR count). The summed E-state index contributed by atoms with van der Waals surface area (Å²) in [6.07, 6.45) is 15.5. The smallest absolute Gasteiger partial charge is 0.272 e. The van der Waals surface area contributed by atoms with E-state index in [2.05, 4.69) is 70.0 Å². The lowest BCUT2D eigenvalue weighted by atomic mass is 9.78. The number of nitrogens with one attached hydrogen (secondary N) is 3. The van der Waals surface area contributed by atoms with Crippen molar-refractivity contribution in [2.75, 3.05) is 87.6 Å². The number of nitrogens with zero attached hydrogens (tertiary/aromatic N) is 10. The minimum atomic E-state index is -0.231. The first-order valence-corrected chi connectivity index (χ1v) is 24.0. The van der Waals surface area contributed by atoms with E-state index >= 15 is 0 Å². The molecule has 6 aromatic rings. The van der Waals surface area contributed by atoms with Crippen molar-refractivity contribution in [3.8, 4) is 11.5 Å². The Labute approximate surface area is 400 Å². The molecule has 6 heterocycles. The fourth-order valence-electron chi connectivity index (χ4n) is 10.1. The first-order chi connectivity index (χ1) is 33.7. The van der Waals surface area contributed by atoms with Crippen LogP contribution in [0.5, 0.6) is 11.5 Å². The molecule has 19 nitrogen and oxygen atoms in total. The number of ether oxygens (including phenoxy) is 4. The summed E-state index contributed by atoms with van der Waals surface area (Å²) in [5.74, 6) is 1.72. The van der Waals surface area contributed by atoms with Gasteiger partial charge in [0.15, 0.2) is 0 Å². The Morgan fingerprint density at radius 2 is 1.36 bits per heavy atom. The maximum absolute atomic E-state index is 12.5. The summed E-state index contributed by atoms with van der Waals surface area (Å²) in [5.41, 5.74) is 6.64. The lowest BCUT2D eigenvalue weighted by Gasteiger charge is -2.45. The topological polar surface area (TPSA) is 207 Å². The molecule has 4 atom stereocenters. The predicted molar refractivity (Wildman–Crippen MR) is 261 cm³/mol. The van der Waals surface area contributed by atoms with E-state index in [1.807, 2.05) is 6.07 Å². The maximum Gasteiger partial charge on any atom is 0.272 e. The molecular formula is C50H59N13O6. The highest BCUT2D eigenvalue weighted by Gasteiger charge is 2.40. The quantitative estimate of drug-likeness (QED) is 0.133. The second-order valence-electron chi connectivity index (χ2n) is 18.4. The van der Waals surface area contributed by atoms with Gasteiger partial charge in [0.1, 0.15) is 46.1 Å². The summed E-state index contributed by atoms with van der Waals surface area (Å²) in [4.78, 5) is 62.9. The molecule has 2 aliphatic heterocycles. The van der Waals surface area contributed by atoms with E-state index < -0.39 is 0 Å². The molecule has 4 aliphatic rings. The average Bonchev–Trinajstić information content (AvgIpc) is 3.39. The number of anilines is 4. The van der Waals surface area contributed by atoms with E-state index in [4.69, 9.17) is 33.9 Å². The van der Waals surface area contributed by atoms with Crippen molar-refractivity contribution in [3.63, 3.8) is 0 Å². The molecule has 360 valence electrons. The third-order valence-corrected chi connectivity index (χ3v) is 13.7. The highest BCUT2D eigenvalue weighted by Crippen LogP contribution is 2.39. The van der Waals surface area contributed by atoms with Crippen LogP contribution in [-0.2, 0) is 9.47 Å². The Balaban J connectivity index is 0.870. The van der Waals surface area contributed by atoms with E-state index in [1.54, 1.807) is 64.3 Å². The van der Waals surface area contributed by atoms with Crippen molar-refractivity contribution >= 4 is 56.8 Å². The van der Waals surface area contributed by atoms with Crippen LogP contribution < -0.4 is 35.2 Å². The van der Waals surface area contributed by atoms with Gasteiger partial charge < -0.3 is 49.6 Å². The molecule has 4 fully saturated rings. The van der Waals surface area contributed by atoms with Gasteiger partial charge in [0.05, 0.1) is 61.1 Å². The molecule has 69 heavy (non-hydrogen) atoms. The molecule has 3 N–H and O–H groups in total. The Kier molecular flexibility index (Phi) is 13.7. The number of amides is 2. The summed E-state index contributed by atoms with van der Waals surface area (Å²) >= 11 is 0. The molecule has 2 aromatic carbocycles. The number of morpholine rings is 2. The fourth-order valence-corrected chi connectivity index (χ4v) is 10.1. The van der Waals surface area contributed by atoms with Gasteiger partial charge in [-0.1, -0.05) is 0 Å². The zero-order chi connectivity index (χ0) is 47.3. The van der Waals surface area contributed by atoms with Crippen LogP contribution >= 0.6 is 0 Å². The third kappa shape index (κ3) is 10.5. The second kappa shape index (κ2) is 20.7. The van der Waals surface area contributed by atoms with E-state index in [0.29, 0.717) is 55.9 Å². The van der Waals surface area contributed by atoms with Crippen molar-refractivity contribution < 1.29 is 28.5 Å². The molecule has 0 radical (unpaired) electrons. The molecule has 2 unspecified atom stereocenters. The lowest BCUT2D eigenvalue weighted by Crippen LogP contribution is -2.52. The molecule has 19 heteroatoms. The van der Waals surface area contributed by atoms with Crippen molar-refractivity contribution in [1.29, 1.82) is 0 Å². The third-order valence-electron chi connectivity index (χ3n) is 13.7. The number of rotatable bonds is 13. The van der Waals surface area contributed by atoms with Gasteiger partial charge in [0, 0.05) is 120 Å². The molecule has 2 saturated heterocycles. The van der Waals surface area contributed by atoms with Gasteiger partial charge in [-0.2, -0.15) is 0 Å². The maximum atomic E-state index is 12.5. The summed E-state index contributed by atoms with van der Waals surface area (Å²) < 4.78 is 26.3. The van der Waals surface area contributed by atoms with Gasteiger partial charge in [-0.25, -0.2) is 24.9 Å². The number of hydrogen-bond donors (Lipinski definition) is 3. The Hall–Kier alpha value is -6.99. The second-order valence-corrected chi connectivity index (χ2v) is 18.4. The van der Waals surface area contributed by atoms with Crippen LogP contribution in [0.4, 0.5) is 22.9 Å². The van der Waals surface area contributed by atoms with Crippen molar-refractivity contribution in [2.24, 2.45) is 5.92 Å². The van der Waals surface area contributed by atoms with Crippen LogP contribution in [0.15, 0.2) is 79.8 Å². The van der Waals surface area contributed by atoms with Crippen molar-refractivity contribution in [1.82, 2.24) is 45.1 Å². The van der Waals surface area contributed by atoms with Crippen LogP contribution in [0.2, 0.25) is 0 Å². The number of fused-ring (bicyclic) bond motifs is 2. The van der Waals surface area contributed by atoms with Crippen molar-refractivity contribution in [3.05, 3.63) is 91.2 Å². The predicted octanol–water partition coefficient (Wildman–Crippen LogP) is 5.39. The fraction of sp³-hybridized carbons (Fsp3) is 0.460. The van der Waals surface area contributed by atoms with E-state index in [0.717, 1.165) is 103 Å². The van der Waals surface area contributed by atoms with Crippen LogP contribution in [0, 0.1) is 5.92 Å². The highest BCUT2D eigenvalue weighted by atomic mass is 16.5. The molecule has 2 aliphatic carbocycles. The molecule has 4 aromatic heterocycles. The number of benzene rings is 2. The van der Waals surface area contributed by atoms with Crippen LogP contribution in [0.1, 0.15) is 65.9 Å². The van der Waals surface area contributed by atoms with Gasteiger partial charge in [0.2, 0.25) is 0 Å². The Morgan fingerprint density at radius 1 is 0.696 bits per heavy atom. The Morgan fingerprint density at radius 3 is 2.04 bits per heavy atom. The summed E-state index contributed by atoms with van der Waals surface area (Å²) in [6, 6.07) is 14.0. The zero-order valence-electron chi connectivity index (χ0n) is 39.3. The number of hydrogen-bond acceptors (Lipinski definition) is 17. The van der Waals surface area contributed by atoms with Crippen LogP contribution in [-0.4, -0.2) is 149 Å². The number of carbonyl (C=O) groups excluding carboxylic acids is 2. The number of carbonyl (C=O) groups is 2. The minimum absolute atomic E-state index is 0.0131. The summed E-state index contributed by atoms with van der Waals surface area (Å²) in [7, 11) is 5.02. The largest absolute Gasteiger partial charge is 0.488 e. The molecular weight excluding hydrogens is 879 g/mol. The number of aromatic nitrogens is 7. The monoisotopic (exact) mass is 937 g/mol. The molecule has 0 bridgehead atoms. The minimum Gasteiger partial charge on any atom is -0.488 e. The lowest BCUT2D eigenvalue weighted by molar-refractivity contribution is -0.0298. The van der Waals surface area contributed by atoms with Gasteiger partial charge >= 0.3 is 0 Å². The Bertz CT molecular complexity index is 2750. The average molecular weight is 938 g/mol. The first-order valence-electron chi connectivity index (χ1n) is 24.0. The molecule has 2 saturated carbocycles. The highest BCUT2D eigenvalue weighted by molar-refractivity contribution is 5.93. The van der Waals surface area contributed by atoms with Crippen LogP contribution in [0.3, 0.4) is 0 Å². The first kappa shape index (κ1) is 45.8. The normalized spacial score (nSPS) is 23.0. The summed E-state index contributed by atoms with van der Waals surface area (Å²) in [5, 5.41) is 9.95. The van der Waals surface area contributed by atoms with Gasteiger partial charge in [0.25, 0.3) is 11.8 Å². The van der Waals surface area contributed by atoms with E-state index in [1.165, 1.54) is 11.2 Å². The van der Waals surface area contributed by atoms with Crippen LogP contribution in [0.25, 0.3) is 22.1 Å². The van der Waals surface area contributed by atoms with Gasteiger partial charge in [-0.3, -0.25) is 19.6 Å².